The Morgan fingerprint density at radius 1 is 1.14 bits per heavy atom. The minimum atomic E-state index is -5.17. The van der Waals surface area contributed by atoms with Crippen LogP contribution in [0.15, 0.2) is 0 Å². The van der Waals surface area contributed by atoms with E-state index in [2.05, 4.69) is 0 Å². The summed E-state index contributed by atoms with van der Waals surface area (Å²) in [5.74, 6) is 0. The van der Waals surface area contributed by atoms with Gasteiger partial charge in [-0.1, -0.05) is 0 Å². The summed E-state index contributed by atoms with van der Waals surface area (Å²) in [6.45, 7) is 0. The number of hydrogen-bond donors (Lipinski definition) is 1. The summed E-state index contributed by atoms with van der Waals surface area (Å²) >= 11 is 0. The molecule has 0 fully saturated rings. The van der Waals surface area contributed by atoms with Crippen molar-refractivity contribution in [3.8, 4) is 0 Å². The third-order valence-corrected chi connectivity index (χ3v) is 0. The van der Waals surface area contributed by atoms with Crippen molar-refractivity contribution in [3.63, 3.8) is 0 Å². The first-order valence-corrected chi connectivity index (χ1v) is 2.00. The molecule has 0 aliphatic heterocycles. The van der Waals surface area contributed by atoms with E-state index in [0.717, 1.165) is 0 Å². The van der Waals surface area contributed by atoms with E-state index < -0.39 is 10.4 Å². The maximum Gasteiger partial charge on any atom is 3.00 e. The fourth-order valence-electron chi connectivity index (χ4n) is 0. The second kappa shape index (κ2) is 4.52. The van der Waals surface area contributed by atoms with Gasteiger partial charge in [-0.3, -0.25) is 8.42 Å². The molecule has 0 rings (SSSR count). The largest absolute Gasteiger partial charge is 3.00 e. The van der Waals surface area contributed by atoms with Gasteiger partial charge in [0.25, 0.3) is 0 Å². The standard InChI is InChI=1S/Cr.H3N.H2O4S/c;;1-5(2,3)4/h;1H3;(H2,1,2,3,4)/q+3;;/p-1. The van der Waals surface area contributed by atoms with Crippen molar-refractivity contribution >= 4 is 10.4 Å². The fraction of sp³-hybridized carbons (Fsp3) is 0. The Labute approximate surface area is 52.0 Å². The molecular weight excluding hydrogens is 162 g/mol. The fourth-order valence-corrected chi connectivity index (χ4v) is 0. The molecule has 0 aromatic rings. The number of rotatable bonds is 0. The first-order valence-electron chi connectivity index (χ1n) is 0.667. The zero-order valence-electron chi connectivity index (χ0n) is 3.45. The topological polar surface area (TPSA) is 117 Å². The van der Waals surface area contributed by atoms with Gasteiger partial charge >= 0.3 is 17.4 Å². The van der Waals surface area contributed by atoms with Crippen LogP contribution in [0.1, 0.15) is 0 Å². The van der Waals surface area contributed by atoms with E-state index in [1.807, 2.05) is 0 Å². The van der Waals surface area contributed by atoms with Crippen LogP contribution in [0.2, 0.25) is 0 Å². The smallest absolute Gasteiger partial charge is 0.759 e. The van der Waals surface area contributed by atoms with E-state index >= 15 is 0 Å². The van der Waals surface area contributed by atoms with Gasteiger partial charge in [0.15, 0.2) is 0 Å². The summed E-state index contributed by atoms with van der Waals surface area (Å²) in [4.78, 5) is 0. The molecule has 1 radical (unpaired) electrons. The van der Waals surface area contributed by atoms with Crippen LogP contribution in [-0.2, 0) is 27.8 Å². The van der Waals surface area contributed by atoms with E-state index in [4.69, 9.17) is 17.5 Å². The molecule has 0 unspecified atom stereocenters. The van der Waals surface area contributed by atoms with Crippen LogP contribution in [-0.4, -0.2) is 17.5 Å². The minimum Gasteiger partial charge on any atom is -0.759 e. The molecule has 0 aliphatic carbocycles. The van der Waals surface area contributed by atoms with Crippen LogP contribution in [0.3, 0.4) is 0 Å². The van der Waals surface area contributed by atoms with Gasteiger partial charge in [0.2, 0.25) is 0 Å². The number of hydrogen-bond acceptors (Lipinski definition) is 4. The molecule has 4 N–H and O–H groups in total. The summed E-state index contributed by atoms with van der Waals surface area (Å²) in [6.07, 6.45) is 0. The van der Waals surface area contributed by atoms with Gasteiger partial charge in [0.05, 0.1) is 0 Å². The maximum atomic E-state index is 8.52. The first-order chi connectivity index (χ1) is 2.00. The minimum absolute atomic E-state index is 0. The summed E-state index contributed by atoms with van der Waals surface area (Å²) in [5, 5.41) is 0. The van der Waals surface area contributed by atoms with Gasteiger partial charge in [0.1, 0.15) is 0 Å². The Kier molecular flexibility index (Phi) is 10.1. The van der Waals surface area contributed by atoms with Gasteiger partial charge in [-0.25, -0.2) is 0 Å². The summed E-state index contributed by atoms with van der Waals surface area (Å²) in [6, 6.07) is 0. The van der Waals surface area contributed by atoms with Crippen molar-refractivity contribution in [2.45, 2.75) is 0 Å². The summed E-state index contributed by atoms with van der Waals surface area (Å²) in [5.41, 5.74) is 0. The molecule has 0 amide bonds. The Hall–Kier alpha value is 0.362. The predicted molar refractivity (Wildman–Crippen MR) is 16.5 cm³/mol. The monoisotopic (exact) mass is 166 g/mol. The molecule has 0 aromatic carbocycles. The van der Waals surface area contributed by atoms with Crippen LogP contribution in [0, 0.1) is 0 Å². The van der Waals surface area contributed by atoms with E-state index in [9.17, 15) is 0 Å². The molecule has 0 spiro atoms. The Morgan fingerprint density at radius 2 is 1.14 bits per heavy atom. The average Bonchev–Trinajstić information content (AvgIpc) is 0.722. The molecule has 7 heteroatoms. The molecular formula is H4CrNO4S+2. The van der Waals surface area contributed by atoms with Crippen molar-refractivity contribution in [2.24, 2.45) is 0 Å². The van der Waals surface area contributed by atoms with Crippen LogP contribution in [0.5, 0.6) is 0 Å². The molecule has 7 heavy (non-hydrogen) atoms. The molecule has 0 heterocycles. The van der Waals surface area contributed by atoms with E-state index in [1.54, 1.807) is 0 Å². The normalized spacial score (nSPS) is 8.29. The van der Waals surface area contributed by atoms with Crippen molar-refractivity contribution in [3.05, 3.63) is 0 Å². The maximum absolute atomic E-state index is 8.52. The third-order valence-electron chi connectivity index (χ3n) is 0. The average molecular weight is 166 g/mol. The summed E-state index contributed by atoms with van der Waals surface area (Å²) < 4.78 is 34.1. The van der Waals surface area contributed by atoms with Crippen LogP contribution in [0.25, 0.3) is 0 Å². The molecule has 43 valence electrons. The van der Waals surface area contributed by atoms with Crippen molar-refractivity contribution in [2.75, 3.05) is 0 Å². The molecule has 0 bridgehead atoms. The Morgan fingerprint density at radius 3 is 1.14 bits per heavy atom. The second-order valence-corrected chi connectivity index (χ2v) is 1.22. The van der Waals surface area contributed by atoms with Gasteiger partial charge in [-0.15, -0.1) is 0 Å². The third kappa shape index (κ3) is 922. The quantitative estimate of drug-likeness (QED) is 0.368. The zero-order chi connectivity index (χ0) is 4.50. The Balaban J connectivity index is -0.0000000800. The first kappa shape index (κ1) is 15.7. The molecule has 5 nitrogen and oxygen atoms in total. The van der Waals surface area contributed by atoms with Gasteiger partial charge in [-0.2, -0.15) is 0 Å². The molecule has 0 aliphatic rings. The van der Waals surface area contributed by atoms with E-state index in [-0.39, 0.29) is 23.5 Å². The Bertz CT molecular complexity index is 94.9. The van der Waals surface area contributed by atoms with Gasteiger partial charge < -0.3 is 15.3 Å². The van der Waals surface area contributed by atoms with E-state index in [0.29, 0.717) is 0 Å². The van der Waals surface area contributed by atoms with Crippen LogP contribution >= 0.6 is 0 Å². The van der Waals surface area contributed by atoms with E-state index in [1.165, 1.54) is 0 Å². The number of quaternary nitrogens is 1. The molecule has 0 saturated heterocycles. The molecule has 0 atom stereocenters. The van der Waals surface area contributed by atoms with Crippen molar-refractivity contribution in [1.82, 2.24) is 6.15 Å². The molecule has 0 aromatic heterocycles. The molecule has 0 saturated carbocycles. The van der Waals surface area contributed by atoms with Crippen LogP contribution < -0.4 is 6.15 Å². The van der Waals surface area contributed by atoms with Crippen LogP contribution in [0.4, 0.5) is 0 Å². The van der Waals surface area contributed by atoms with Gasteiger partial charge in [0, 0.05) is 10.4 Å². The van der Waals surface area contributed by atoms with Crippen molar-refractivity contribution < 1.29 is 34.9 Å². The van der Waals surface area contributed by atoms with Gasteiger partial charge in [-0.05, 0) is 0 Å². The SMILES string of the molecule is O=S(=O)([O-])[O-].[Cr+3].[NH4+]. The second-order valence-electron chi connectivity index (χ2n) is 0.408. The zero-order valence-corrected chi connectivity index (χ0v) is 5.54. The summed E-state index contributed by atoms with van der Waals surface area (Å²) in [7, 11) is -5.17. The predicted octanol–water partition coefficient (Wildman–Crippen LogP) is -0.964. The van der Waals surface area contributed by atoms with Crippen molar-refractivity contribution in [1.29, 1.82) is 0 Å².